The van der Waals surface area contributed by atoms with Crippen molar-refractivity contribution in [3.63, 3.8) is 0 Å². The van der Waals surface area contributed by atoms with Gasteiger partial charge in [-0.3, -0.25) is 4.79 Å². The van der Waals surface area contributed by atoms with Crippen LogP contribution in [0.3, 0.4) is 0 Å². The van der Waals surface area contributed by atoms with Crippen LogP contribution in [0, 0.1) is 5.82 Å². The van der Waals surface area contributed by atoms with Crippen LogP contribution in [-0.2, 0) is 10.0 Å². The molecule has 0 radical (unpaired) electrons. The lowest BCUT2D eigenvalue weighted by molar-refractivity contribution is 0.0982. The van der Waals surface area contributed by atoms with Gasteiger partial charge in [0.2, 0.25) is 10.0 Å². The third-order valence-electron chi connectivity index (χ3n) is 4.41. The number of hydrogen-bond acceptors (Lipinski definition) is 6. The van der Waals surface area contributed by atoms with Crippen molar-refractivity contribution in [3.8, 4) is 11.3 Å². The van der Waals surface area contributed by atoms with E-state index >= 15 is 0 Å². The number of nitrogens with one attached hydrogen (secondary N) is 1. The second-order valence-corrected chi connectivity index (χ2v) is 8.76. The van der Waals surface area contributed by atoms with Crippen molar-refractivity contribution in [2.24, 2.45) is 0 Å². The van der Waals surface area contributed by atoms with Gasteiger partial charge in [0.15, 0.2) is 5.82 Å². The van der Waals surface area contributed by atoms with Crippen LogP contribution in [0.25, 0.3) is 22.3 Å². The fraction of sp³-hybridized carbons (Fsp3) is 0.250. The van der Waals surface area contributed by atoms with E-state index in [4.69, 9.17) is 0 Å². The number of carbonyl (C=O) groups is 1. The molecule has 0 aliphatic carbocycles. The van der Waals surface area contributed by atoms with E-state index in [9.17, 15) is 17.6 Å². The number of hydrogen-bond donors (Lipinski definition) is 1. The molecule has 1 heterocycles. The number of anilines is 1. The Bertz CT molecular complexity index is 1180. The largest absolute Gasteiger partial charge is 0.355 e. The van der Waals surface area contributed by atoms with Gasteiger partial charge in [-0.25, -0.2) is 27.5 Å². The fourth-order valence-electron chi connectivity index (χ4n) is 2.71. The number of benzene rings is 2. The molecule has 152 valence electrons. The Morgan fingerprint density at radius 1 is 1.07 bits per heavy atom. The summed E-state index contributed by atoms with van der Waals surface area (Å²) < 4.78 is 37.9. The number of sulfonamides is 1. The zero-order valence-corrected chi connectivity index (χ0v) is 17.3. The summed E-state index contributed by atoms with van der Waals surface area (Å²) in [4.78, 5) is 23.4. The molecule has 2 aromatic carbocycles. The predicted octanol–water partition coefficient (Wildman–Crippen LogP) is 2.97. The Kier molecular flexibility index (Phi) is 5.52. The molecule has 0 fully saturated rings. The molecule has 0 saturated heterocycles. The first-order valence-corrected chi connectivity index (χ1v) is 10.8. The van der Waals surface area contributed by atoms with Gasteiger partial charge in [-0.15, -0.1) is 0 Å². The van der Waals surface area contributed by atoms with Crippen molar-refractivity contribution in [2.75, 3.05) is 18.2 Å². The van der Waals surface area contributed by atoms with Gasteiger partial charge in [-0.1, -0.05) is 0 Å². The summed E-state index contributed by atoms with van der Waals surface area (Å²) in [6, 6.07) is 10.7. The molecule has 0 atom stereocenters. The van der Waals surface area contributed by atoms with E-state index in [2.05, 4.69) is 9.97 Å². The molecule has 1 amide bonds. The Hall–Kier alpha value is -3.07. The van der Waals surface area contributed by atoms with Crippen molar-refractivity contribution in [2.45, 2.75) is 19.9 Å². The Morgan fingerprint density at radius 3 is 2.31 bits per heavy atom. The number of aromatic nitrogens is 2. The molecule has 3 rings (SSSR count). The summed E-state index contributed by atoms with van der Waals surface area (Å²) in [6.45, 7) is 3.99. The standard InChI is InChI=1S/C20H21FN4O3S/c1-12(2)25(3)19-18(13-5-8-15(21)9-6-13)22-16-10-7-14(11-17(16)23-19)20(26)24-29(4,27)28/h5-12H,1-4H3,(H,24,26). The van der Waals surface area contributed by atoms with Gasteiger partial charge in [-0.05, 0) is 56.3 Å². The molecule has 7 nitrogen and oxygen atoms in total. The zero-order chi connectivity index (χ0) is 21.3. The van der Waals surface area contributed by atoms with E-state index < -0.39 is 15.9 Å². The van der Waals surface area contributed by atoms with Gasteiger partial charge in [0.05, 0.1) is 17.3 Å². The second-order valence-electron chi connectivity index (χ2n) is 7.01. The maximum atomic E-state index is 13.4. The lowest BCUT2D eigenvalue weighted by atomic mass is 10.1. The molecule has 3 aromatic rings. The van der Waals surface area contributed by atoms with Gasteiger partial charge < -0.3 is 4.90 Å². The van der Waals surface area contributed by atoms with Crippen LogP contribution >= 0.6 is 0 Å². The highest BCUT2D eigenvalue weighted by molar-refractivity contribution is 7.89. The van der Waals surface area contributed by atoms with E-state index in [-0.39, 0.29) is 17.4 Å². The summed E-state index contributed by atoms with van der Waals surface area (Å²) in [6.07, 6.45) is 0.913. The smallest absolute Gasteiger partial charge is 0.264 e. The number of fused-ring (bicyclic) bond motifs is 1. The molecule has 0 saturated carbocycles. The lowest BCUT2D eigenvalue weighted by Gasteiger charge is -2.25. The van der Waals surface area contributed by atoms with Gasteiger partial charge in [-0.2, -0.15) is 0 Å². The van der Waals surface area contributed by atoms with Gasteiger partial charge in [0, 0.05) is 24.2 Å². The number of amides is 1. The number of rotatable bonds is 5. The first kappa shape index (κ1) is 20.7. The molecular weight excluding hydrogens is 395 g/mol. The summed E-state index contributed by atoms with van der Waals surface area (Å²) in [5.41, 5.74) is 2.43. The number of halogens is 1. The first-order chi connectivity index (χ1) is 13.5. The van der Waals surface area contributed by atoms with Crippen LogP contribution in [0.15, 0.2) is 42.5 Å². The van der Waals surface area contributed by atoms with Crippen molar-refractivity contribution in [3.05, 3.63) is 53.8 Å². The number of nitrogens with zero attached hydrogens (tertiary/aromatic N) is 3. The monoisotopic (exact) mass is 416 g/mol. The third-order valence-corrected chi connectivity index (χ3v) is 4.97. The second kappa shape index (κ2) is 7.75. The van der Waals surface area contributed by atoms with Crippen molar-refractivity contribution >= 4 is 32.8 Å². The van der Waals surface area contributed by atoms with E-state index in [0.717, 1.165) is 6.26 Å². The van der Waals surface area contributed by atoms with Crippen LogP contribution < -0.4 is 9.62 Å². The van der Waals surface area contributed by atoms with Crippen molar-refractivity contribution in [1.82, 2.24) is 14.7 Å². The quantitative estimate of drug-likeness (QED) is 0.688. The average Bonchev–Trinajstić information content (AvgIpc) is 2.65. The van der Waals surface area contributed by atoms with Crippen LogP contribution in [0.5, 0.6) is 0 Å². The van der Waals surface area contributed by atoms with Crippen LogP contribution in [0.1, 0.15) is 24.2 Å². The van der Waals surface area contributed by atoms with Gasteiger partial charge in [0.1, 0.15) is 11.5 Å². The predicted molar refractivity (Wildman–Crippen MR) is 111 cm³/mol. The molecule has 0 bridgehead atoms. The third kappa shape index (κ3) is 4.68. The highest BCUT2D eigenvalue weighted by Crippen LogP contribution is 2.30. The Balaban J connectivity index is 2.16. The average molecular weight is 416 g/mol. The van der Waals surface area contributed by atoms with E-state index in [1.165, 1.54) is 24.3 Å². The van der Waals surface area contributed by atoms with Crippen LogP contribution in [-0.4, -0.2) is 43.6 Å². The molecule has 0 unspecified atom stereocenters. The van der Waals surface area contributed by atoms with Crippen LogP contribution in [0.4, 0.5) is 10.2 Å². The van der Waals surface area contributed by atoms with Gasteiger partial charge >= 0.3 is 0 Å². The van der Waals surface area contributed by atoms with Gasteiger partial charge in [0.25, 0.3) is 5.91 Å². The highest BCUT2D eigenvalue weighted by atomic mass is 32.2. The summed E-state index contributed by atoms with van der Waals surface area (Å²) in [7, 11) is -1.81. The highest BCUT2D eigenvalue weighted by Gasteiger charge is 2.18. The van der Waals surface area contributed by atoms with E-state index in [1.807, 2.05) is 30.5 Å². The molecule has 1 aromatic heterocycles. The normalized spacial score (nSPS) is 11.7. The van der Waals surface area contributed by atoms with E-state index in [1.54, 1.807) is 18.2 Å². The maximum absolute atomic E-state index is 13.4. The SMILES string of the molecule is CC(C)N(C)c1nc2cc(C(=O)NS(C)(=O)=O)ccc2nc1-c1ccc(F)cc1. The lowest BCUT2D eigenvalue weighted by Crippen LogP contribution is -2.29. The molecule has 29 heavy (non-hydrogen) atoms. The molecule has 0 aliphatic rings. The minimum absolute atomic E-state index is 0.109. The minimum Gasteiger partial charge on any atom is -0.355 e. The first-order valence-electron chi connectivity index (χ1n) is 8.88. The fourth-order valence-corrected chi connectivity index (χ4v) is 3.16. The topological polar surface area (TPSA) is 92.3 Å². The summed E-state index contributed by atoms with van der Waals surface area (Å²) in [5.74, 6) is -0.514. The summed E-state index contributed by atoms with van der Waals surface area (Å²) in [5, 5.41) is 0. The van der Waals surface area contributed by atoms with Crippen molar-refractivity contribution < 1.29 is 17.6 Å². The maximum Gasteiger partial charge on any atom is 0.264 e. The Labute approximate surface area is 168 Å². The van der Waals surface area contributed by atoms with Crippen molar-refractivity contribution in [1.29, 1.82) is 0 Å². The zero-order valence-electron chi connectivity index (χ0n) is 16.5. The summed E-state index contributed by atoms with van der Waals surface area (Å²) >= 11 is 0. The molecule has 0 aliphatic heterocycles. The molecule has 0 spiro atoms. The molecule has 9 heteroatoms. The van der Waals surface area contributed by atoms with E-state index in [0.29, 0.717) is 28.1 Å². The Morgan fingerprint density at radius 2 is 1.72 bits per heavy atom. The molecule has 1 N–H and O–H groups in total. The molecular formula is C20H21FN4O3S. The number of carbonyl (C=O) groups excluding carboxylic acids is 1. The van der Waals surface area contributed by atoms with Crippen LogP contribution in [0.2, 0.25) is 0 Å². The minimum atomic E-state index is -3.68.